The van der Waals surface area contributed by atoms with E-state index in [1.54, 1.807) is 11.8 Å². The number of likely N-dealkylation sites (tertiary alicyclic amines) is 1. The van der Waals surface area contributed by atoms with Crippen molar-refractivity contribution in [1.29, 1.82) is 0 Å². The molecule has 0 aromatic rings. The van der Waals surface area contributed by atoms with Gasteiger partial charge in [-0.1, -0.05) is 51.7 Å². The van der Waals surface area contributed by atoms with Crippen molar-refractivity contribution in [3.63, 3.8) is 0 Å². The number of esters is 1. The van der Waals surface area contributed by atoms with E-state index in [-0.39, 0.29) is 42.8 Å². The van der Waals surface area contributed by atoms with Crippen LogP contribution in [0.5, 0.6) is 0 Å². The van der Waals surface area contributed by atoms with Crippen molar-refractivity contribution >= 4 is 17.8 Å². The number of allylic oxidation sites excluding steroid dienone is 1. The Labute approximate surface area is 192 Å². The molecule has 2 rings (SSSR count). The lowest BCUT2D eigenvalue weighted by Gasteiger charge is -2.33. The monoisotopic (exact) mass is 450 g/mol. The molecule has 5 atom stereocenters. The van der Waals surface area contributed by atoms with E-state index in [9.17, 15) is 14.4 Å². The standard InChI is InChI=1S/C25H42N2O5/c1-4-7-15-26-23(29)22-19-14-13-18(12-5-2)20(25(31)32-6-3)21(19)24(30)27(22)16-10-8-9-11-17-28/h13-14,18-22,28H,4-12,15-17H2,1-3H3,(H,26,29)/t18-,19+,20-,21+,22+/m1/s1. The van der Waals surface area contributed by atoms with Gasteiger partial charge in [-0.25, -0.2) is 0 Å². The Morgan fingerprint density at radius 3 is 2.47 bits per heavy atom. The minimum absolute atomic E-state index is 0.0439. The van der Waals surface area contributed by atoms with Gasteiger partial charge in [0.1, 0.15) is 6.04 Å². The molecule has 2 amide bonds. The Kier molecular flexibility index (Phi) is 11.2. The van der Waals surface area contributed by atoms with E-state index < -0.39 is 17.9 Å². The second kappa shape index (κ2) is 13.6. The first kappa shape index (κ1) is 26.4. The first-order valence-electron chi connectivity index (χ1n) is 12.6. The van der Waals surface area contributed by atoms with E-state index >= 15 is 0 Å². The highest BCUT2D eigenvalue weighted by Crippen LogP contribution is 2.45. The van der Waals surface area contributed by atoms with Gasteiger partial charge >= 0.3 is 5.97 Å². The number of nitrogens with zero attached hydrogens (tertiary/aromatic N) is 1. The second-order valence-electron chi connectivity index (χ2n) is 8.98. The number of aliphatic hydroxyl groups excluding tert-OH is 1. The summed E-state index contributed by atoms with van der Waals surface area (Å²) in [7, 11) is 0. The fourth-order valence-electron chi connectivity index (χ4n) is 5.15. The highest BCUT2D eigenvalue weighted by molar-refractivity contribution is 5.96. The minimum Gasteiger partial charge on any atom is -0.466 e. The van der Waals surface area contributed by atoms with Crippen molar-refractivity contribution in [2.24, 2.45) is 23.7 Å². The zero-order valence-corrected chi connectivity index (χ0v) is 20.1. The molecule has 0 aromatic carbocycles. The van der Waals surface area contributed by atoms with Crippen LogP contribution in [0.15, 0.2) is 12.2 Å². The summed E-state index contributed by atoms with van der Waals surface area (Å²) in [4.78, 5) is 41.5. The van der Waals surface area contributed by atoms with Crippen LogP contribution in [0.3, 0.4) is 0 Å². The lowest BCUT2D eigenvalue weighted by atomic mass is 9.69. The predicted molar refractivity (Wildman–Crippen MR) is 124 cm³/mol. The molecule has 1 fully saturated rings. The van der Waals surface area contributed by atoms with E-state index in [0.29, 0.717) is 13.1 Å². The number of aliphatic hydroxyl groups is 1. The SMILES string of the molecule is CCCCNC(=O)[C@@H]1[C@H]2C=C[C@@H](CCC)[C@@H](C(=O)OCC)[C@H]2C(=O)N1CCCCCCO. The summed E-state index contributed by atoms with van der Waals surface area (Å²) in [6.45, 7) is 7.44. The number of carbonyl (C=O) groups is 3. The van der Waals surface area contributed by atoms with Crippen molar-refractivity contribution in [3.8, 4) is 0 Å². The zero-order chi connectivity index (χ0) is 23.5. The van der Waals surface area contributed by atoms with Gasteiger partial charge in [-0.05, 0) is 38.5 Å². The number of hydrogen-bond donors (Lipinski definition) is 2. The number of fused-ring (bicyclic) bond motifs is 1. The predicted octanol–water partition coefficient (Wildman–Crippen LogP) is 3.06. The molecule has 1 aliphatic heterocycles. The fourth-order valence-corrected chi connectivity index (χ4v) is 5.15. The molecule has 0 spiro atoms. The van der Waals surface area contributed by atoms with Crippen LogP contribution in [0.1, 0.15) is 72.1 Å². The maximum absolute atomic E-state index is 13.6. The highest BCUT2D eigenvalue weighted by atomic mass is 16.5. The minimum atomic E-state index is -0.585. The highest BCUT2D eigenvalue weighted by Gasteiger charge is 2.57. The van der Waals surface area contributed by atoms with E-state index in [0.717, 1.165) is 51.4 Å². The van der Waals surface area contributed by atoms with Crippen LogP contribution in [-0.4, -0.2) is 60.1 Å². The van der Waals surface area contributed by atoms with Gasteiger partial charge in [0.2, 0.25) is 11.8 Å². The summed E-state index contributed by atoms with van der Waals surface area (Å²) in [6.07, 6.45) is 10.9. The summed E-state index contributed by atoms with van der Waals surface area (Å²) in [5.74, 6) is -2.00. The van der Waals surface area contributed by atoms with Crippen LogP contribution in [-0.2, 0) is 19.1 Å². The van der Waals surface area contributed by atoms with Crippen LogP contribution >= 0.6 is 0 Å². The van der Waals surface area contributed by atoms with Gasteiger partial charge in [0, 0.05) is 25.6 Å². The van der Waals surface area contributed by atoms with Crippen molar-refractivity contribution in [3.05, 3.63) is 12.2 Å². The van der Waals surface area contributed by atoms with Gasteiger partial charge in [0.15, 0.2) is 0 Å². The van der Waals surface area contributed by atoms with E-state index in [4.69, 9.17) is 9.84 Å². The average Bonchev–Trinajstić information content (AvgIpc) is 3.05. The fraction of sp³-hybridized carbons (Fsp3) is 0.800. The Balaban J connectivity index is 2.29. The Morgan fingerprint density at radius 1 is 1.06 bits per heavy atom. The first-order chi connectivity index (χ1) is 15.5. The number of rotatable bonds is 14. The summed E-state index contributed by atoms with van der Waals surface area (Å²) in [6, 6.07) is -0.585. The molecule has 1 saturated heterocycles. The van der Waals surface area contributed by atoms with Crippen molar-refractivity contribution in [1.82, 2.24) is 10.2 Å². The third-order valence-electron chi connectivity index (χ3n) is 6.70. The molecule has 0 bridgehead atoms. The van der Waals surface area contributed by atoms with Gasteiger partial charge in [-0.2, -0.15) is 0 Å². The lowest BCUT2D eigenvalue weighted by Crippen LogP contribution is -2.47. The third-order valence-corrected chi connectivity index (χ3v) is 6.70. The van der Waals surface area contributed by atoms with E-state index in [1.165, 1.54) is 0 Å². The zero-order valence-electron chi connectivity index (χ0n) is 20.1. The van der Waals surface area contributed by atoms with Crippen molar-refractivity contribution in [2.45, 2.75) is 78.2 Å². The number of amides is 2. The second-order valence-corrected chi connectivity index (χ2v) is 8.98. The molecule has 32 heavy (non-hydrogen) atoms. The van der Waals surface area contributed by atoms with Gasteiger partial charge < -0.3 is 20.1 Å². The van der Waals surface area contributed by atoms with E-state index in [1.807, 2.05) is 12.2 Å². The molecule has 0 radical (unpaired) electrons. The lowest BCUT2D eigenvalue weighted by molar-refractivity contribution is -0.155. The number of carbonyl (C=O) groups excluding carboxylic acids is 3. The molecule has 1 aliphatic carbocycles. The Morgan fingerprint density at radius 2 is 1.81 bits per heavy atom. The molecular weight excluding hydrogens is 408 g/mol. The number of nitrogens with one attached hydrogen (secondary N) is 1. The summed E-state index contributed by atoms with van der Waals surface area (Å²) < 4.78 is 5.38. The number of ether oxygens (including phenoxy) is 1. The summed E-state index contributed by atoms with van der Waals surface area (Å²) in [5, 5.41) is 12.0. The molecule has 7 heteroatoms. The van der Waals surface area contributed by atoms with Gasteiger partial charge in [0.25, 0.3) is 0 Å². The summed E-state index contributed by atoms with van der Waals surface area (Å²) >= 11 is 0. The van der Waals surface area contributed by atoms with Crippen LogP contribution in [0.25, 0.3) is 0 Å². The number of hydrogen-bond acceptors (Lipinski definition) is 5. The first-order valence-corrected chi connectivity index (χ1v) is 12.6. The maximum atomic E-state index is 13.6. The molecular formula is C25H42N2O5. The molecule has 2 aliphatic rings. The van der Waals surface area contributed by atoms with Crippen LogP contribution < -0.4 is 5.32 Å². The topological polar surface area (TPSA) is 95.9 Å². The van der Waals surface area contributed by atoms with Crippen molar-refractivity contribution in [2.75, 3.05) is 26.3 Å². The van der Waals surface area contributed by atoms with Crippen molar-refractivity contribution < 1.29 is 24.2 Å². The molecule has 1 heterocycles. The van der Waals surface area contributed by atoms with Gasteiger partial charge in [-0.3, -0.25) is 14.4 Å². The molecule has 2 N–H and O–H groups in total. The summed E-state index contributed by atoms with van der Waals surface area (Å²) in [5.41, 5.74) is 0. The van der Waals surface area contributed by atoms with Crippen LogP contribution in [0, 0.1) is 23.7 Å². The smallest absolute Gasteiger partial charge is 0.310 e. The molecule has 182 valence electrons. The maximum Gasteiger partial charge on any atom is 0.310 e. The largest absolute Gasteiger partial charge is 0.466 e. The Bertz CT molecular complexity index is 650. The van der Waals surface area contributed by atoms with Gasteiger partial charge in [0.05, 0.1) is 18.4 Å². The van der Waals surface area contributed by atoms with Crippen LogP contribution in [0.4, 0.5) is 0 Å². The van der Waals surface area contributed by atoms with Gasteiger partial charge in [-0.15, -0.1) is 0 Å². The molecule has 0 unspecified atom stereocenters. The third kappa shape index (κ3) is 6.33. The molecule has 0 saturated carbocycles. The van der Waals surface area contributed by atoms with Crippen LogP contribution in [0.2, 0.25) is 0 Å². The number of unbranched alkanes of at least 4 members (excludes halogenated alkanes) is 4. The quantitative estimate of drug-likeness (QED) is 0.241. The normalized spacial score (nSPS) is 26.8. The molecule has 7 nitrogen and oxygen atoms in total. The Hall–Kier alpha value is -1.89. The van der Waals surface area contributed by atoms with E-state index in [2.05, 4.69) is 19.2 Å². The average molecular weight is 451 g/mol. The molecule has 0 aromatic heterocycles.